The average molecular weight is 306 g/mol. The summed E-state index contributed by atoms with van der Waals surface area (Å²) in [5.41, 5.74) is 0.815. The number of nitrogens with one attached hydrogen (secondary N) is 1. The summed E-state index contributed by atoms with van der Waals surface area (Å²) in [6.07, 6.45) is 3.25. The van der Waals surface area contributed by atoms with Crippen LogP contribution in [0.5, 0.6) is 0 Å². The van der Waals surface area contributed by atoms with Gasteiger partial charge in [0.05, 0.1) is 5.54 Å². The van der Waals surface area contributed by atoms with Crippen molar-refractivity contribution in [3.05, 3.63) is 22.4 Å². The Morgan fingerprint density at radius 1 is 1.43 bits per heavy atom. The molecule has 116 valence electrons. The number of rotatable bonds is 3. The van der Waals surface area contributed by atoms with Crippen LogP contribution in [0.15, 0.2) is 16.8 Å². The largest absolute Gasteiger partial charge is 0.318 e. The maximum atomic E-state index is 13.1. The second-order valence-corrected chi connectivity index (χ2v) is 7.76. The van der Waals surface area contributed by atoms with Crippen LogP contribution < -0.4 is 5.32 Å². The van der Waals surface area contributed by atoms with Gasteiger partial charge in [0, 0.05) is 6.04 Å². The third kappa shape index (κ3) is 2.33. The molecule has 0 bridgehead atoms. The van der Waals surface area contributed by atoms with Crippen LogP contribution in [0.3, 0.4) is 0 Å². The maximum Gasteiger partial charge on any atom is 0.244 e. The molecule has 1 aliphatic heterocycles. The van der Waals surface area contributed by atoms with Gasteiger partial charge >= 0.3 is 0 Å². The number of amides is 1. The van der Waals surface area contributed by atoms with Gasteiger partial charge < -0.3 is 4.90 Å². The molecule has 1 aliphatic carbocycles. The van der Waals surface area contributed by atoms with Crippen molar-refractivity contribution in [1.82, 2.24) is 10.2 Å². The van der Waals surface area contributed by atoms with Crippen LogP contribution >= 0.6 is 11.3 Å². The minimum atomic E-state index is -0.419. The lowest BCUT2D eigenvalue weighted by molar-refractivity contribution is -0.136. The van der Waals surface area contributed by atoms with Gasteiger partial charge in [-0.3, -0.25) is 10.1 Å². The molecule has 1 saturated heterocycles. The highest BCUT2D eigenvalue weighted by molar-refractivity contribution is 7.07. The van der Waals surface area contributed by atoms with E-state index in [4.69, 9.17) is 0 Å². The number of hydrogen-bond acceptors (Lipinski definition) is 3. The van der Waals surface area contributed by atoms with Gasteiger partial charge in [-0.15, -0.1) is 0 Å². The summed E-state index contributed by atoms with van der Waals surface area (Å²) in [4.78, 5) is 15.2. The van der Waals surface area contributed by atoms with Crippen molar-refractivity contribution in [1.29, 1.82) is 0 Å². The Bertz CT molecular complexity index is 515. The van der Waals surface area contributed by atoms with Crippen molar-refractivity contribution in [3.63, 3.8) is 0 Å². The summed E-state index contributed by atoms with van der Waals surface area (Å²) >= 11 is 1.70. The zero-order valence-corrected chi connectivity index (χ0v) is 14.2. The minimum absolute atomic E-state index is 0.0476. The molecular formula is C17H26N2OS. The van der Waals surface area contributed by atoms with Crippen LogP contribution in [0.4, 0.5) is 0 Å². The molecule has 5 atom stereocenters. The first-order valence-corrected chi connectivity index (χ1v) is 9.04. The summed E-state index contributed by atoms with van der Waals surface area (Å²) in [5, 5.41) is 7.88. The van der Waals surface area contributed by atoms with Crippen molar-refractivity contribution < 1.29 is 4.79 Å². The molecule has 1 aromatic rings. The first kappa shape index (κ1) is 15.0. The Hall–Kier alpha value is -0.870. The van der Waals surface area contributed by atoms with E-state index in [2.05, 4.69) is 54.7 Å². The topological polar surface area (TPSA) is 32.3 Å². The highest BCUT2D eigenvalue weighted by Crippen LogP contribution is 2.42. The Morgan fingerprint density at radius 3 is 2.71 bits per heavy atom. The predicted octanol–water partition coefficient (Wildman–Crippen LogP) is 3.78. The quantitative estimate of drug-likeness (QED) is 0.921. The maximum absolute atomic E-state index is 13.1. The van der Waals surface area contributed by atoms with E-state index in [1.165, 1.54) is 12.0 Å². The Balaban J connectivity index is 1.96. The van der Waals surface area contributed by atoms with Crippen molar-refractivity contribution in [2.45, 2.75) is 64.7 Å². The highest BCUT2D eigenvalue weighted by Gasteiger charge is 2.52. The Labute approximate surface area is 131 Å². The number of nitrogens with zero attached hydrogens (tertiary/aromatic N) is 1. The van der Waals surface area contributed by atoms with Gasteiger partial charge in [-0.2, -0.15) is 11.3 Å². The molecule has 2 heterocycles. The van der Waals surface area contributed by atoms with Gasteiger partial charge in [0.25, 0.3) is 0 Å². The van der Waals surface area contributed by atoms with Gasteiger partial charge in [0.1, 0.15) is 6.17 Å². The predicted molar refractivity (Wildman–Crippen MR) is 87.1 cm³/mol. The zero-order valence-electron chi connectivity index (χ0n) is 13.4. The first-order chi connectivity index (χ1) is 9.98. The first-order valence-electron chi connectivity index (χ1n) is 8.10. The van der Waals surface area contributed by atoms with Crippen molar-refractivity contribution >= 4 is 17.2 Å². The van der Waals surface area contributed by atoms with E-state index in [0.717, 1.165) is 12.8 Å². The van der Waals surface area contributed by atoms with Crippen LogP contribution in [0.1, 0.15) is 58.7 Å². The minimum Gasteiger partial charge on any atom is -0.318 e. The van der Waals surface area contributed by atoms with Crippen LogP contribution in [-0.2, 0) is 4.79 Å². The van der Waals surface area contributed by atoms with E-state index in [-0.39, 0.29) is 12.1 Å². The average Bonchev–Trinajstić information content (AvgIpc) is 3.15. The number of carbonyl (C=O) groups excluding carboxylic acids is 1. The summed E-state index contributed by atoms with van der Waals surface area (Å²) in [6.45, 7) is 8.77. The lowest BCUT2D eigenvalue weighted by atomic mass is 9.94. The van der Waals surface area contributed by atoms with Gasteiger partial charge in [-0.25, -0.2) is 0 Å². The fourth-order valence-corrected chi connectivity index (χ4v) is 4.52. The third-order valence-electron chi connectivity index (χ3n) is 5.79. The molecule has 3 rings (SSSR count). The molecule has 0 radical (unpaired) electrons. The zero-order chi connectivity index (χ0) is 15.2. The van der Waals surface area contributed by atoms with Gasteiger partial charge in [0.2, 0.25) is 5.91 Å². The lowest BCUT2D eigenvalue weighted by Crippen LogP contribution is -2.45. The summed E-state index contributed by atoms with van der Waals surface area (Å²) < 4.78 is 0. The van der Waals surface area contributed by atoms with E-state index < -0.39 is 5.54 Å². The SMILES string of the molecule is CCC1(C)NC(c2ccsc2)N(C2CCC(C)C2C)C1=O. The van der Waals surface area contributed by atoms with Crippen molar-refractivity contribution in [2.75, 3.05) is 0 Å². The van der Waals surface area contributed by atoms with Crippen molar-refractivity contribution in [2.24, 2.45) is 11.8 Å². The summed E-state index contributed by atoms with van der Waals surface area (Å²) in [7, 11) is 0. The fraction of sp³-hybridized carbons (Fsp3) is 0.706. The molecule has 1 saturated carbocycles. The molecule has 1 aromatic heterocycles. The van der Waals surface area contributed by atoms with Gasteiger partial charge in [-0.05, 0) is 60.4 Å². The van der Waals surface area contributed by atoms with Gasteiger partial charge in [0.15, 0.2) is 0 Å². The van der Waals surface area contributed by atoms with E-state index in [9.17, 15) is 4.79 Å². The molecule has 0 aromatic carbocycles. The number of hydrogen-bond donors (Lipinski definition) is 1. The molecule has 21 heavy (non-hydrogen) atoms. The molecule has 2 fully saturated rings. The van der Waals surface area contributed by atoms with Crippen LogP contribution in [-0.4, -0.2) is 22.4 Å². The second-order valence-electron chi connectivity index (χ2n) is 6.98. The normalized spacial score (nSPS) is 40.2. The molecular weight excluding hydrogens is 280 g/mol. The van der Waals surface area contributed by atoms with E-state index in [0.29, 0.717) is 17.9 Å². The van der Waals surface area contributed by atoms with E-state index >= 15 is 0 Å². The standard InChI is InChI=1S/C17H26N2OS/c1-5-17(4)16(20)19(14-7-6-11(2)12(14)3)15(18-17)13-8-9-21-10-13/h8-12,14-15,18H,5-7H2,1-4H3. The lowest BCUT2D eigenvalue weighted by Gasteiger charge is -2.33. The van der Waals surface area contributed by atoms with Crippen LogP contribution in [0.25, 0.3) is 0 Å². The van der Waals surface area contributed by atoms with Gasteiger partial charge in [-0.1, -0.05) is 20.8 Å². The molecule has 1 amide bonds. The molecule has 5 unspecified atom stereocenters. The molecule has 4 heteroatoms. The monoisotopic (exact) mass is 306 g/mol. The molecule has 0 spiro atoms. The van der Waals surface area contributed by atoms with Crippen LogP contribution in [0, 0.1) is 11.8 Å². The Morgan fingerprint density at radius 2 is 2.19 bits per heavy atom. The number of thiophene rings is 1. The highest BCUT2D eigenvalue weighted by atomic mass is 32.1. The fourth-order valence-electron chi connectivity index (χ4n) is 3.84. The molecule has 1 N–H and O–H groups in total. The Kier molecular flexibility index (Phi) is 3.87. The summed E-state index contributed by atoms with van der Waals surface area (Å²) in [6, 6.07) is 2.52. The van der Waals surface area contributed by atoms with E-state index in [1.54, 1.807) is 11.3 Å². The number of carbonyl (C=O) groups is 1. The summed E-state index contributed by atoms with van der Waals surface area (Å²) in [5.74, 6) is 1.57. The molecule has 3 nitrogen and oxygen atoms in total. The van der Waals surface area contributed by atoms with Crippen LogP contribution in [0.2, 0.25) is 0 Å². The molecule has 2 aliphatic rings. The van der Waals surface area contributed by atoms with Crippen molar-refractivity contribution in [3.8, 4) is 0 Å². The van der Waals surface area contributed by atoms with E-state index in [1.807, 2.05) is 0 Å². The second kappa shape index (κ2) is 5.40. The smallest absolute Gasteiger partial charge is 0.244 e. The third-order valence-corrected chi connectivity index (χ3v) is 6.49.